The van der Waals surface area contributed by atoms with E-state index in [0.29, 0.717) is 23.6 Å². The zero-order valence-electron chi connectivity index (χ0n) is 17.8. The highest BCUT2D eigenvalue weighted by molar-refractivity contribution is 6.46. The number of nitrogens with zero attached hydrogens (tertiary/aromatic N) is 1. The van der Waals surface area contributed by atoms with E-state index in [0.717, 1.165) is 24.0 Å². The van der Waals surface area contributed by atoms with Crippen LogP contribution < -0.4 is 9.47 Å². The summed E-state index contributed by atoms with van der Waals surface area (Å²) in [4.78, 5) is 27.4. The van der Waals surface area contributed by atoms with Gasteiger partial charge in [-0.2, -0.15) is 0 Å². The number of aliphatic hydroxyl groups is 1. The Morgan fingerprint density at radius 1 is 1.07 bits per heavy atom. The Morgan fingerprint density at radius 2 is 1.77 bits per heavy atom. The number of hydrogen-bond donors (Lipinski definition) is 1. The predicted octanol–water partition coefficient (Wildman–Crippen LogP) is 4.23. The van der Waals surface area contributed by atoms with Crippen LogP contribution in [0.1, 0.15) is 42.5 Å². The number of likely N-dealkylation sites (tertiary alicyclic amines) is 1. The van der Waals surface area contributed by atoms with E-state index in [2.05, 4.69) is 0 Å². The molecule has 1 fully saturated rings. The molecule has 0 saturated carbocycles. The van der Waals surface area contributed by atoms with Gasteiger partial charge in [-0.25, -0.2) is 0 Å². The monoisotopic (exact) mass is 409 g/mol. The number of rotatable bonds is 7. The fraction of sp³-hybridized carbons (Fsp3) is 0.333. The number of ketones is 1. The Morgan fingerprint density at radius 3 is 2.37 bits per heavy atom. The van der Waals surface area contributed by atoms with Gasteiger partial charge in [-0.3, -0.25) is 9.59 Å². The molecule has 1 unspecified atom stereocenters. The first-order chi connectivity index (χ1) is 14.4. The molecule has 1 aliphatic heterocycles. The first kappa shape index (κ1) is 21.4. The zero-order chi connectivity index (χ0) is 21.8. The van der Waals surface area contributed by atoms with Crippen molar-refractivity contribution in [3.8, 4) is 11.5 Å². The molecule has 6 nitrogen and oxygen atoms in total. The van der Waals surface area contributed by atoms with E-state index < -0.39 is 17.7 Å². The number of carbonyl (C=O) groups excluding carboxylic acids is 2. The molecule has 1 atom stereocenters. The van der Waals surface area contributed by atoms with Crippen molar-refractivity contribution in [2.45, 2.75) is 32.7 Å². The number of unbranched alkanes of at least 4 members (excludes halogenated alkanes) is 1. The lowest BCUT2D eigenvalue weighted by Gasteiger charge is -2.25. The van der Waals surface area contributed by atoms with Crippen LogP contribution in [0.25, 0.3) is 5.76 Å². The van der Waals surface area contributed by atoms with Crippen LogP contribution in [0.15, 0.2) is 48.0 Å². The van der Waals surface area contributed by atoms with Gasteiger partial charge >= 0.3 is 0 Å². The molecule has 0 spiro atoms. The SMILES string of the molecule is CCCCN1C(=O)C(=O)/C(=C(/O)c2cc(C)ccc2OC)C1c1ccc(OC)cc1. The second-order valence-corrected chi connectivity index (χ2v) is 7.32. The molecular formula is C24H27NO5. The van der Waals surface area contributed by atoms with E-state index in [-0.39, 0.29) is 11.3 Å². The third-order valence-corrected chi connectivity index (χ3v) is 5.33. The van der Waals surface area contributed by atoms with E-state index >= 15 is 0 Å². The van der Waals surface area contributed by atoms with Crippen LogP contribution in [0.3, 0.4) is 0 Å². The summed E-state index contributed by atoms with van der Waals surface area (Å²) in [6.45, 7) is 4.34. The van der Waals surface area contributed by atoms with Gasteiger partial charge in [-0.1, -0.05) is 37.1 Å². The minimum Gasteiger partial charge on any atom is -0.507 e. The smallest absolute Gasteiger partial charge is 0.295 e. The van der Waals surface area contributed by atoms with Gasteiger partial charge in [-0.15, -0.1) is 0 Å². The van der Waals surface area contributed by atoms with Crippen LogP contribution >= 0.6 is 0 Å². The van der Waals surface area contributed by atoms with E-state index in [1.54, 1.807) is 36.3 Å². The highest BCUT2D eigenvalue weighted by atomic mass is 16.5. The van der Waals surface area contributed by atoms with Crippen LogP contribution in [-0.2, 0) is 9.59 Å². The van der Waals surface area contributed by atoms with Gasteiger partial charge in [0.2, 0.25) is 0 Å². The lowest BCUT2D eigenvalue weighted by molar-refractivity contribution is -0.139. The van der Waals surface area contributed by atoms with Crippen LogP contribution in [0.5, 0.6) is 11.5 Å². The number of ether oxygens (including phenoxy) is 2. The maximum absolute atomic E-state index is 13.0. The Balaban J connectivity index is 2.20. The summed E-state index contributed by atoms with van der Waals surface area (Å²) in [6, 6.07) is 11.9. The maximum atomic E-state index is 13.0. The summed E-state index contributed by atoms with van der Waals surface area (Å²) < 4.78 is 10.6. The van der Waals surface area contributed by atoms with Crippen LogP contribution in [0.4, 0.5) is 0 Å². The molecule has 3 rings (SSSR count). The second kappa shape index (κ2) is 9.03. The normalized spacial score (nSPS) is 18.0. The van der Waals surface area contributed by atoms with Gasteiger partial charge in [0.05, 0.1) is 31.4 Å². The number of Topliss-reactive ketones (excluding diaryl/α,β-unsaturated/α-hetero) is 1. The molecule has 2 aromatic carbocycles. The number of amides is 1. The Kier molecular flexibility index (Phi) is 6.45. The Hall–Kier alpha value is -3.28. The van der Waals surface area contributed by atoms with Gasteiger partial charge in [0.25, 0.3) is 11.7 Å². The molecule has 0 aliphatic carbocycles. The molecule has 158 valence electrons. The first-order valence-electron chi connectivity index (χ1n) is 10.00. The molecular weight excluding hydrogens is 382 g/mol. The van der Waals surface area contributed by atoms with E-state index in [1.165, 1.54) is 7.11 Å². The van der Waals surface area contributed by atoms with Crippen molar-refractivity contribution in [2.24, 2.45) is 0 Å². The van der Waals surface area contributed by atoms with Gasteiger partial charge in [-0.05, 0) is 43.2 Å². The standard InChI is InChI=1S/C24H27NO5/c1-5-6-13-25-21(16-8-10-17(29-3)11-9-16)20(23(27)24(25)28)22(26)18-14-15(2)7-12-19(18)30-4/h7-12,14,21,26H,5-6,13H2,1-4H3/b22-20+. The van der Waals surface area contributed by atoms with Crippen molar-refractivity contribution in [3.05, 3.63) is 64.7 Å². The molecule has 0 aromatic heterocycles. The lowest BCUT2D eigenvalue weighted by Crippen LogP contribution is -2.30. The second-order valence-electron chi connectivity index (χ2n) is 7.32. The summed E-state index contributed by atoms with van der Waals surface area (Å²) in [6.07, 6.45) is 1.64. The average Bonchev–Trinajstić information content (AvgIpc) is 3.01. The van der Waals surface area contributed by atoms with Crippen molar-refractivity contribution >= 4 is 17.4 Å². The first-order valence-corrected chi connectivity index (χ1v) is 10.00. The maximum Gasteiger partial charge on any atom is 0.295 e. The number of carbonyl (C=O) groups is 2. The Bertz CT molecular complexity index is 978. The number of aliphatic hydroxyl groups excluding tert-OH is 1. The molecule has 1 N–H and O–H groups in total. The van der Waals surface area contributed by atoms with Gasteiger partial charge in [0.15, 0.2) is 0 Å². The number of methoxy groups -OCH3 is 2. The molecule has 1 heterocycles. The topological polar surface area (TPSA) is 76.1 Å². The molecule has 6 heteroatoms. The van der Waals surface area contributed by atoms with E-state index in [1.807, 2.05) is 32.0 Å². The Labute approximate surface area is 176 Å². The average molecular weight is 409 g/mol. The zero-order valence-corrected chi connectivity index (χ0v) is 17.8. The number of aryl methyl sites for hydroxylation is 1. The molecule has 2 aromatic rings. The third-order valence-electron chi connectivity index (χ3n) is 5.33. The van der Waals surface area contributed by atoms with E-state index in [9.17, 15) is 14.7 Å². The van der Waals surface area contributed by atoms with Gasteiger partial charge in [0, 0.05) is 6.54 Å². The summed E-state index contributed by atoms with van der Waals surface area (Å²) in [7, 11) is 3.08. The fourth-order valence-electron chi connectivity index (χ4n) is 3.72. The van der Waals surface area contributed by atoms with Crippen LogP contribution in [0.2, 0.25) is 0 Å². The third kappa shape index (κ3) is 3.90. The largest absolute Gasteiger partial charge is 0.507 e. The van der Waals surface area contributed by atoms with Crippen molar-refractivity contribution in [1.29, 1.82) is 0 Å². The molecule has 30 heavy (non-hydrogen) atoms. The van der Waals surface area contributed by atoms with Crippen molar-refractivity contribution in [3.63, 3.8) is 0 Å². The van der Waals surface area contributed by atoms with Crippen molar-refractivity contribution in [2.75, 3.05) is 20.8 Å². The minimum absolute atomic E-state index is 0.0742. The lowest BCUT2D eigenvalue weighted by atomic mass is 9.94. The number of hydrogen-bond acceptors (Lipinski definition) is 5. The molecule has 1 amide bonds. The minimum atomic E-state index is -0.687. The highest BCUT2D eigenvalue weighted by Crippen LogP contribution is 2.41. The highest BCUT2D eigenvalue weighted by Gasteiger charge is 2.46. The molecule has 1 aliphatic rings. The molecule has 1 saturated heterocycles. The summed E-state index contributed by atoms with van der Waals surface area (Å²) in [5.41, 5.74) is 2.10. The molecule has 0 radical (unpaired) electrons. The predicted molar refractivity (Wildman–Crippen MR) is 115 cm³/mol. The van der Waals surface area contributed by atoms with Gasteiger partial charge < -0.3 is 19.5 Å². The van der Waals surface area contributed by atoms with E-state index in [4.69, 9.17) is 9.47 Å². The number of benzene rings is 2. The molecule has 0 bridgehead atoms. The summed E-state index contributed by atoms with van der Waals surface area (Å²) >= 11 is 0. The van der Waals surface area contributed by atoms with Crippen molar-refractivity contribution in [1.82, 2.24) is 4.90 Å². The van der Waals surface area contributed by atoms with Crippen LogP contribution in [0, 0.1) is 6.92 Å². The van der Waals surface area contributed by atoms with Crippen molar-refractivity contribution < 1.29 is 24.2 Å². The van der Waals surface area contributed by atoms with Crippen LogP contribution in [-0.4, -0.2) is 42.5 Å². The summed E-state index contributed by atoms with van der Waals surface area (Å²) in [5.74, 6) is -0.407. The fourth-order valence-corrected chi connectivity index (χ4v) is 3.72. The quantitative estimate of drug-likeness (QED) is 0.421. The summed E-state index contributed by atoms with van der Waals surface area (Å²) in [5, 5.41) is 11.2. The van der Waals surface area contributed by atoms with Gasteiger partial charge in [0.1, 0.15) is 17.3 Å².